The summed E-state index contributed by atoms with van der Waals surface area (Å²) >= 11 is 1.67. The number of hydrogen-bond donors (Lipinski definition) is 2. The van der Waals surface area contributed by atoms with Gasteiger partial charge in [0.05, 0.1) is 33.3 Å². The third kappa shape index (κ3) is 4.27. The van der Waals surface area contributed by atoms with Crippen molar-refractivity contribution in [2.24, 2.45) is 0 Å². The van der Waals surface area contributed by atoms with Gasteiger partial charge in [-0.15, -0.1) is 11.3 Å². The molecule has 0 saturated heterocycles. The number of carbonyl (C=O) groups excluding carboxylic acids is 1. The van der Waals surface area contributed by atoms with E-state index in [1.807, 2.05) is 6.92 Å². The van der Waals surface area contributed by atoms with Gasteiger partial charge in [0.1, 0.15) is 5.76 Å². The van der Waals surface area contributed by atoms with Crippen molar-refractivity contribution in [1.82, 2.24) is 14.8 Å². The molecule has 6 nitrogen and oxygen atoms in total. The predicted octanol–water partition coefficient (Wildman–Crippen LogP) is 5.67. The second-order valence-electron chi connectivity index (χ2n) is 11.6. The third-order valence-corrected chi connectivity index (χ3v) is 10.6. The minimum absolute atomic E-state index is 0.0313. The molecule has 0 spiro atoms. The van der Waals surface area contributed by atoms with E-state index in [0.717, 1.165) is 43.0 Å². The molecule has 2 aromatic rings. The quantitative estimate of drug-likeness (QED) is 0.512. The second kappa shape index (κ2) is 9.90. The normalized spacial score (nSPS) is 26.5. The van der Waals surface area contributed by atoms with E-state index in [4.69, 9.17) is 4.74 Å². The van der Waals surface area contributed by atoms with Crippen LogP contribution in [-0.2, 0) is 11.3 Å². The van der Waals surface area contributed by atoms with Crippen molar-refractivity contribution < 1.29 is 14.6 Å². The lowest BCUT2D eigenvalue weighted by Gasteiger charge is -2.44. The molecular weight excluding hydrogens is 482 g/mol. The highest BCUT2D eigenvalue weighted by atomic mass is 32.1. The van der Waals surface area contributed by atoms with Crippen LogP contribution in [0.3, 0.4) is 0 Å². The second-order valence-corrected chi connectivity index (χ2v) is 12.7. The Morgan fingerprint density at radius 1 is 1.24 bits per heavy atom. The fourth-order valence-corrected chi connectivity index (χ4v) is 8.31. The van der Waals surface area contributed by atoms with E-state index >= 15 is 0 Å². The zero-order valence-electron chi connectivity index (χ0n) is 22.5. The number of aliphatic hydroxyl groups is 1. The molecule has 0 aromatic carbocycles. The number of aliphatic hydroxyl groups excluding tert-OH is 1. The first-order valence-corrected chi connectivity index (χ1v) is 15.1. The maximum Gasteiger partial charge on any atom is 0.261 e. The number of thiophene rings is 1. The highest BCUT2D eigenvalue weighted by Gasteiger charge is 2.43. The molecule has 2 saturated carbocycles. The van der Waals surface area contributed by atoms with Crippen LogP contribution in [0.15, 0.2) is 30.1 Å². The standard InChI is InChI=1S/C30H41N3O3S/c1-4-36-21-11-12-22-23(17-21)32(3)15-16-33-24-18-25(29(35)31-30(19(2)34)13-8-14-30)37-28(24)26(27(22)33)20-9-6-5-7-10-20/h11-12,17-20,22-23,34H,4-10,13-16H2,1-3H3,(H,31,35). The van der Waals surface area contributed by atoms with Gasteiger partial charge in [-0.1, -0.05) is 25.3 Å². The van der Waals surface area contributed by atoms with E-state index in [-0.39, 0.29) is 17.9 Å². The Kier molecular flexibility index (Phi) is 6.74. The molecule has 3 aliphatic carbocycles. The van der Waals surface area contributed by atoms with E-state index in [0.29, 0.717) is 12.5 Å². The van der Waals surface area contributed by atoms with Crippen LogP contribution in [0.2, 0.25) is 0 Å². The first kappa shape index (κ1) is 25.2. The van der Waals surface area contributed by atoms with Gasteiger partial charge < -0.3 is 19.7 Å². The Morgan fingerprint density at radius 2 is 2.03 bits per heavy atom. The fourth-order valence-electron chi connectivity index (χ4n) is 7.12. The summed E-state index contributed by atoms with van der Waals surface area (Å²) in [5, 5.41) is 13.6. The number of carbonyl (C=O) groups is 1. The molecule has 1 aliphatic heterocycles. The maximum atomic E-state index is 13.5. The molecule has 3 atom stereocenters. The summed E-state index contributed by atoms with van der Waals surface area (Å²) in [5.41, 5.74) is 3.70. The number of nitrogens with zero attached hydrogens (tertiary/aromatic N) is 2. The highest BCUT2D eigenvalue weighted by Crippen LogP contribution is 2.48. The molecule has 7 heteroatoms. The Labute approximate surface area is 224 Å². The number of nitrogens with one attached hydrogen (secondary N) is 1. The van der Waals surface area contributed by atoms with Crippen molar-refractivity contribution in [2.75, 3.05) is 20.2 Å². The molecule has 0 radical (unpaired) electrons. The van der Waals surface area contributed by atoms with Crippen LogP contribution in [0.1, 0.15) is 98.0 Å². The first-order chi connectivity index (χ1) is 17.9. The molecule has 2 aromatic heterocycles. The number of hydrogen-bond acceptors (Lipinski definition) is 5. The summed E-state index contributed by atoms with van der Waals surface area (Å²) in [7, 11) is 2.22. The van der Waals surface area contributed by atoms with Gasteiger partial charge in [-0.3, -0.25) is 9.69 Å². The summed E-state index contributed by atoms with van der Waals surface area (Å²) in [6.45, 7) is 6.40. The zero-order chi connectivity index (χ0) is 25.7. The molecule has 3 heterocycles. The summed E-state index contributed by atoms with van der Waals surface area (Å²) in [6.07, 6.45) is 15.4. The minimum Gasteiger partial charge on any atom is -0.494 e. The summed E-state index contributed by atoms with van der Waals surface area (Å²) in [5.74, 6) is 1.76. The number of amides is 1. The fraction of sp³-hybridized carbons (Fsp3) is 0.633. The molecule has 2 N–H and O–H groups in total. The highest BCUT2D eigenvalue weighted by molar-refractivity contribution is 7.21. The number of fused-ring (bicyclic) bond motifs is 5. The van der Waals surface area contributed by atoms with Crippen LogP contribution >= 0.6 is 11.3 Å². The van der Waals surface area contributed by atoms with Crippen molar-refractivity contribution in [3.63, 3.8) is 0 Å². The molecule has 0 bridgehead atoms. The van der Waals surface area contributed by atoms with Gasteiger partial charge in [0.25, 0.3) is 5.91 Å². The molecule has 3 unspecified atom stereocenters. The van der Waals surface area contributed by atoms with Crippen molar-refractivity contribution in [2.45, 2.75) is 101 Å². The van der Waals surface area contributed by atoms with Gasteiger partial charge in [0.2, 0.25) is 0 Å². The Balaban J connectivity index is 1.44. The van der Waals surface area contributed by atoms with Gasteiger partial charge in [0.15, 0.2) is 0 Å². The third-order valence-electron chi connectivity index (χ3n) is 9.44. The van der Waals surface area contributed by atoms with Crippen molar-refractivity contribution >= 4 is 27.5 Å². The molecule has 1 amide bonds. The van der Waals surface area contributed by atoms with Gasteiger partial charge in [-0.05, 0) is 82.7 Å². The van der Waals surface area contributed by atoms with Crippen molar-refractivity contribution in [3.8, 4) is 0 Å². The van der Waals surface area contributed by atoms with E-state index in [1.165, 1.54) is 53.6 Å². The van der Waals surface area contributed by atoms with Crippen LogP contribution in [0.25, 0.3) is 10.2 Å². The molecular formula is C30H41N3O3S. The largest absolute Gasteiger partial charge is 0.494 e. The van der Waals surface area contributed by atoms with Crippen LogP contribution < -0.4 is 5.32 Å². The molecule has 37 heavy (non-hydrogen) atoms. The van der Waals surface area contributed by atoms with Gasteiger partial charge in [0, 0.05) is 30.7 Å². The van der Waals surface area contributed by atoms with Gasteiger partial charge >= 0.3 is 0 Å². The predicted molar refractivity (Wildman–Crippen MR) is 149 cm³/mol. The average Bonchev–Trinajstić information content (AvgIpc) is 3.38. The van der Waals surface area contributed by atoms with Gasteiger partial charge in [-0.2, -0.15) is 0 Å². The lowest BCUT2D eigenvalue weighted by Crippen LogP contribution is -2.60. The number of aromatic nitrogens is 1. The zero-order valence-corrected chi connectivity index (χ0v) is 23.3. The monoisotopic (exact) mass is 523 g/mol. The number of likely N-dealkylation sites (N-methyl/N-ethyl adjacent to an activating group) is 1. The van der Waals surface area contributed by atoms with Crippen LogP contribution in [-0.4, -0.2) is 58.4 Å². The summed E-state index contributed by atoms with van der Waals surface area (Å²) in [6, 6.07) is 2.40. The van der Waals surface area contributed by atoms with Crippen LogP contribution in [0, 0.1) is 0 Å². The molecule has 2 fully saturated rings. The molecule has 6 rings (SSSR count). The Morgan fingerprint density at radius 3 is 2.70 bits per heavy atom. The average molecular weight is 524 g/mol. The van der Waals surface area contributed by atoms with E-state index < -0.39 is 11.6 Å². The first-order valence-electron chi connectivity index (χ1n) is 14.3. The lowest BCUT2D eigenvalue weighted by atomic mass is 9.73. The van der Waals surface area contributed by atoms with Crippen molar-refractivity contribution in [3.05, 3.63) is 46.2 Å². The SMILES string of the molecule is CCOC1=CC2C(C=C1)c1c(C3CCCCC3)c3sc(C(=O)NC4(C(C)O)CCC4)cc3n1CCN2C. The molecule has 200 valence electrons. The summed E-state index contributed by atoms with van der Waals surface area (Å²) in [4.78, 5) is 16.7. The minimum atomic E-state index is -0.535. The van der Waals surface area contributed by atoms with E-state index in [1.54, 1.807) is 18.3 Å². The number of rotatable bonds is 6. The lowest BCUT2D eigenvalue weighted by molar-refractivity contribution is 0.0190. The Bertz CT molecular complexity index is 1230. The van der Waals surface area contributed by atoms with E-state index in [2.05, 4.69) is 46.1 Å². The Hall–Kier alpha value is -2.09. The smallest absolute Gasteiger partial charge is 0.261 e. The number of allylic oxidation sites excluding steroid dienone is 1. The van der Waals surface area contributed by atoms with Crippen LogP contribution in [0.5, 0.6) is 0 Å². The van der Waals surface area contributed by atoms with Crippen molar-refractivity contribution in [1.29, 1.82) is 0 Å². The molecule has 4 aliphatic rings. The number of ether oxygens (including phenoxy) is 1. The van der Waals surface area contributed by atoms with E-state index in [9.17, 15) is 9.90 Å². The maximum absolute atomic E-state index is 13.5. The summed E-state index contributed by atoms with van der Waals surface area (Å²) < 4.78 is 9.73. The topological polar surface area (TPSA) is 66.7 Å². The van der Waals surface area contributed by atoms with Gasteiger partial charge in [-0.25, -0.2) is 0 Å². The van der Waals surface area contributed by atoms with Crippen LogP contribution in [0.4, 0.5) is 0 Å².